The van der Waals surface area contributed by atoms with Crippen molar-refractivity contribution in [3.8, 4) is 11.5 Å². The second kappa shape index (κ2) is 5.28. The summed E-state index contributed by atoms with van der Waals surface area (Å²) in [6.45, 7) is 2.35. The van der Waals surface area contributed by atoms with E-state index >= 15 is 0 Å². The van der Waals surface area contributed by atoms with E-state index in [0.717, 1.165) is 42.2 Å². The lowest BCUT2D eigenvalue weighted by molar-refractivity contribution is 0.0203. The maximum Gasteiger partial charge on any atom is 0.128 e. The number of benzene rings is 1. The predicted octanol–water partition coefficient (Wildman–Crippen LogP) is 3.82. The first kappa shape index (κ1) is 13.7. The number of hydrogen-bond donors (Lipinski definition) is 1. The Bertz CT molecular complexity index is 488. The molecule has 3 heteroatoms. The van der Waals surface area contributed by atoms with Gasteiger partial charge in [-0.1, -0.05) is 19.4 Å². The van der Waals surface area contributed by atoms with E-state index in [-0.39, 0.29) is 11.6 Å². The lowest BCUT2D eigenvalue weighted by Crippen LogP contribution is -2.42. The van der Waals surface area contributed by atoms with Crippen LogP contribution in [0.1, 0.15) is 57.1 Å². The first-order valence-electron chi connectivity index (χ1n) is 7.74. The van der Waals surface area contributed by atoms with Crippen LogP contribution in [0, 0.1) is 5.92 Å². The maximum atomic E-state index is 6.44. The quantitative estimate of drug-likeness (QED) is 0.847. The molecule has 0 radical (unpaired) electrons. The molecule has 1 fully saturated rings. The molecule has 1 spiro atoms. The molecule has 0 saturated heterocycles. The summed E-state index contributed by atoms with van der Waals surface area (Å²) in [7, 11) is 1.69. The molecule has 3 nitrogen and oxygen atoms in total. The summed E-state index contributed by atoms with van der Waals surface area (Å²) in [6, 6.07) is 6.09. The average Bonchev–Trinajstić information content (AvgIpc) is 2.61. The van der Waals surface area contributed by atoms with E-state index in [2.05, 4.69) is 6.92 Å². The van der Waals surface area contributed by atoms with Crippen molar-refractivity contribution < 1.29 is 9.47 Å². The fraction of sp³-hybridized carbons (Fsp3) is 0.647. The highest BCUT2D eigenvalue weighted by Crippen LogP contribution is 2.46. The lowest BCUT2D eigenvalue weighted by atomic mass is 9.82. The van der Waals surface area contributed by atoms with Crippen LogP contribution in [0.2, 0.25) is 0 Å². The van der Waals surface area contributed by atoms with Crippen molar-refractivity contribution in [3.63, 3.8) is 0 Å². The van der Waals surface area contributed by atoms with Gasteiger partial charge in [0.1, 0.15) is 17.1 Å². The van der Waals surface area contributed by atoms with E-state index in [9.17, 15) is 0 Å². The Morgan fingerprint density at radius 3 is 2.95 bits per heavy atom. The van der Waals surface area contributed by atoms with Crippen LogP contribution >= 0.6 is 0 Å². The molecule has 1 aliphatic carbocycles. The smallest absolute Gasteiger partial charge is 0.128 e. The van der Waals surface area contributed by atoms with Crippen molar-refractivity contribution in [1.29, 1.82) is 0 Å². The molecule has 1 aromatic rings. The largest absolute Gasteiger partial charge is 0.497 e. The Balaban J connectivity index is 1.90. The van der Waals surface area contributed by atoms with E-state index in [0.29, 0.717) is 0 Å². The van der Waals surface area contributed by atoms with Crippen LogP contribution in [0.25, 0.3) is 0 Å². The van der Waals surface area contributed by atoms with Gasteiger partial charge in [0.25, 0.3) is 0 Å². The van der Waals surface area contributed by atoms with Crippen molar-refractivity contribution in [2.24, 2.45) is 11.7 Å². The lowest BCUT2D eigenvalue weighted by Gasteiger charge is -2.41. The topological polar surface area (TPSA) is 44.5 Å². The van der Waals surface area contributed by atoms with Gasteiger partial charge < -0.3 is 15.2 Å². The van der Waals surface area contributed by atoms with Crippen LogP contribution in [0.3, 0.4) is 0 Å². The third-order valence-corrected chi connectivity index (χ3v) is 4.96. The number of ether oxygens (including phenoxy) is 2. The number of methoxy groups -OCH3 is 1. The Labute approximate surface area is 121 Å². The highest BCUT2D eigenvalue weighted by molar-refractivity contribution is 5.44. The van der Waals surface area contributed by atoms with Gasteiger partial charge in [0, 0.05) is 24.1 Å². The predicted molar refractivity (Wildman–Crippen MR) is 80.1 cm³/mol. The van der Waals surface area contributed by atoms with Gasteiger partial charge in [-0.15, -0.1) is 0 Å². The number of hydrogen-bond acceptors (Lipinski definition) is 3. The van der Waals surface area contributed by atoms with Crippen molar-refractivity contribution in [2.45, 2.75) is 57.1 Å². The summed E-state index contributed by atoms with van der Waals surface area (Å²) in [5.74, 6) is 2.58. The third kappa shape index (κ3) is 2.51. The summed E-state index contributed by atoms with van der Waals surface area (Å²) < 4.78 is 11.8. The average molecular weight is 275 g/mol. The maximum absolute atomic E-state index is 6.44. The molecule has 2 unspecified atom stereocenters. The minimum Gasteiger partial charge on any atom is -0.497 e. The van der Waals surface area contributed by atoms with Crippen molar-refractivity contribution in [1.82, 2.24) is 0 Å². The Hall–Kier alpha value is -1.22. The molecule has 1 aromatic carbocycles. The Morgan fingerprint density at radius 2 is 2.15 bits per heavy atom. The van der Waals surface area contributed by atoms with Crippen LogP contribution in [0.15, 0.2) is 18.2 Å². The van der Waals surface area contributed by atoms with Gasteiger partial charge in [0.05, 0.1) is 7.11 Å². The minimum atomic E-state index is -0.0520. The van der Waals surface area contributed by atoms with Crippen molar-refractivity contribution in [3.05, 3.63) is 23.8 Å². The van der Waals surface area contributed by atoms with Crippen LogP contribution in [-0.2, 0) is 0 Å². The highest BCUT2D eigenvalue weighted by atomic mass is 16.5. The highest BCUT2D eigenvalue weighted by Gasteiger charge is 2.40. The Kier molecular flexibility index (Phi) is 3.63. The van der Waals surface area contributed by atoms with E-state index in [4.69, 9.17) is 15.2 Å². The van der Waals surface area contributed by atoms with E-state index in [1.165, 1.54) is 19.3 Å². The molecule has 1 heterocycles. The summed E-state index contributed by atoms with van der Waals surface area (Å²) >= 11 is 0. The zero-order valence-corrected chi connectivity index (χ0v) is 12.5. The molecule has 2 N–H and O–H groups in total. The molecule has 3 atom stereocenters. The normalized spacial score (nSPS) is 33.1. The van der Waals surface area contributed by atoms with Crippen molar-refractivity contribution in [2.75, 3.05) is 7.11 Å². The third-order valence-electron chi connectivity index (χ3n) is 4.96. The number of rotatable bonds is 1. The molecule has 1 aliphatic heterocycles. The van der Waals surface area contributed by atoms with Crippen LogP contribution < -0.4 is 15.2 Å². The van der Waals surface area contributed by atoms with Gasteiger partial charge in [-0.25, -0.2) is 0 Å². The molecule has 2 aliphatic rings. The van der Waals surface area contributed by atoms with Gasteiger partial charge >= 0.3 is 0 Å². The standard InChI is InChI=1S/C17H25NO2/c1-12-4-3-8-17(9-7-12)11-15(18)14-6-5-13(19-2)10-16(14)20-17/h5-6,10,12,15H,3-4,7-9,11,18H2,1-2H3/t12?,15-,17?/m1/s1. The van der Waals surface area contributed by atoms with Gasteiger partial charge in [-0.3, -0.25) is 0 Å². The minimum absolute atomic E-state index is 0.0520. The molecule has 0 aromatic heterocycles. The molecule has 1 saturated carbocycles. The van der Waals surface area contributed by atoms with Crippen molar-refractivity contribution >= 4 is 0 Å². The number of nitrogens with two attached hydrogens (primary N) is 1. The van der Waals surface area contributed by atoms with E-state index < -0.39 is 0 Å². The molecule has 0 bridgehead atoms. The SMILES string of the molecule is COc1ccc2c(c1)OC1(CCCC(C)CC1)C[C@H]2N. The summed E-state index contributed by atoms with van der Waals surface area (Å²) in [6.07, 6.45) is 6.99. The summed E-state index contributed by atoms with van der Waals surface area (Å²) in [5, 5.41) is 0. The first-order chi connectivity index (χ1) is 9.62. The van der Waals surface area contributed by atoms with Crippen LogP contribution in [0.5, 0.6) is 11.5 Å². The fourth-order valence-corrected chi connectivity index (χ4v) is 3.68. The number of fused-ring (bicyclic) bond motifs is 1. The first-order valence-corrected chi connectivity index (χ1v) is 7.74. The summed E-state index contributed by atoms with van der Waals surface area (Å²) in [5.41, 5.74) is 7.48. The van der Waals surface area contributed by atoms with Crippen LogP contribution in [0.4, 0.5) is 0 Å². The zero-order chi connectivity index (χ0) is 14.2. The Morgan fingerprint density at radius 1 is 1.30 bits per heavy atom. The van der Waals surface area contributed by atoms with Gasteiger partial charge in [0.15, 0.2) is 0 Å². The van der Waals surface area contributed by atoms with E-state index in [1.807, 2.05) is 18.2 Å². The molecule has 110 valence electrons. The molecule has 3 rings (SSSR count). The second-order valence-electron chi connectivity index (χ2n) is 6.54. The van der Waals surface area contributed by atoms with Crippen LogP contribution in [-0.4, -0.2) is 12.7 Å². The van der Waals surface area contributed by atoms with Gasteiger partial charge in [0.2, 0.25) is 0 Å². The van der Waals surface area contributed by atoms with Gasteiger partial charge in [-0.2, -0.15) is 0 Å². The monoisotopic (exact) mass is 275 g/mol. The molecular formula is C17H25NO2. The zero-order valence-electron chi connectivity index (χ0n) is 12.5. The second-order valence-corrected chi connectivity index (χ2v) is 6.54. The molecule has 0 amide bonds. The van der Waals surface area contributed by atoms with Gasteiger partial charge in [-0.05, 0) is 37.7 Å². The molecule has 20 heavy (non-hydrogen) atoms. The molecular weight excluding hydrogens is 250 g/mol. The fourth-order valence-electron chi connectivity index (χ4n) is 3.68. The van der Waals surface area contributed by atoms with E-state index in [1.54, 1.807) is 7.11 Å². The summed E-state index contributed by atoms with van der Waals surface area (Å²) in [4.78, 5) is 0.